The van der Waals surface area contributed by atoms with Crippen LogP contribution in [0.25, 0.3) is 11.0 Å². The Labute approximate surface area is 122 Å². The Kier molecular flexibility index (Phi) is 3.29. The highest BCUT2D eigenvalue weighted by atomic mass is 16.2. The summed E-state index contributed by atoms with van der Waals surface area (Å²) in [6, 6.07) is 7.16. The van der Waals surface area contributed by atoms with Gasteiger partial charge in [0.05, 0.1) is 16.7 Å². The van der Waals surface area contributed by atoms with E-state index in [1.165, 1.54) is 11.9 Å². The molecule has 108 valence electrons. The van der Waals surface area contributed by atoms with Crippen LogP contribution in [0.3, 0.4) is 0 Å². The summed E-state index contributed by atoms with van der Waals surface area (Å²) in [4.78, 5) is 33.8. The topological polar surface area (TPSA) is 75.2 Å². The van der Waals surface area contributed by atoms with Crippen LogP contribution in [0, 0.1) is 6.92 Å². The summed E-state index contributed by atoms with van der Waals surface area (Å²) in [5, 5.41) is 3.12. The number of fused-ring (bicyclic) bond motifs is 1. The van der Waals surface area contributed by atoms with Crippen LogP contribution >= 0.6 is 0 Å². The van der Waals surface area contributed by atoms with Crippen LogP contribution in [0.5, 0.6) is 0 Å². The molecule has 6 nitrogen and oxygen atoms in total. The predicted molar refractivity (Wildman–Crippen MR) is 78.7 cm³/mol. The summed E-state index contributed by atoms with van der Waals surface area (Å²) in [6.07, 6.45) is 0.843. The van der Waals surface area contributed by atoms with Gasteiger partial charge >= 0.3 is 0 Å². The Bertz CT molecular complexity index is 729. The summed E-state index contributed by atoms with van der Waals surface area (Å²) >= 11 is 0. The van der Waals surface area contributed by atoms with Gasteiger partial charge in [-0.1, -0.05) is 12.1 Å². The number of piperidine rings is 1. The molecule has 1 atom stereocenters. The zero-order valence-electron chi connectivity index (χ0n) is 12.0. The van der Waals surface area contributed by atoms with Gasteiger partial charge in [0.15, 0.2) is 0 Å². The maximum Gasteiger partial charge on any atom is 0.251 e. The maximum atomic E-state index is 12.1. The molecule has 1 aromatic carbocycles. The number of para-hydroxylation sites is 2. The molecule has 0 saturated carbocycles. The van der Waals surface area contributed by atoms with E-state index in [0.717, 1.165) is 16.7 Å². The first-order valence-electron chi connectivity index (χ1n) is 6.86. The number of anilines is 1. The Balaban J connectivity index is 1.89. The van der Waals surface area contributed by atoms with Crippen molar-refractivity contribution in [3.05, 3.63) is 30.0 Å². The maximum absolute atomic E-state index is 12.1. The first-order chi connectivity index (χ1) is 10.1. The Hall–Kier alpha value is -2.50. The van der Waals surface area contributed by atoms with Crippen molar-refractivity contribution in [2.75, 3.05) is 12.4 Å². The Morgan fingerprint density at radius 1 is 1.19 bits per heavy atom. The van der Waals surface area contributed by atoms with Crippen LogP contribution in [-0.2, 0) is 9.59 Å². The third kappa shape index (κ3) is 2.44. The van der Waals surface area contributed by atoms with Crippen LogP contribution < -0.4 is 5.32 Å². The molecule has 6 heteroatoms. The summed E-state index contributed by atoms with van der Waals surface area (Å²) in [5.41, 5.74) is 2.34. The second-order valence-corrected chi connectivity index (χ2v) is 5.17. The minimum Gasteiger partial charge on any atom is -0.357 e. The first-order valence-corrected chi connectivity index (χ1v) is 6.86. The van der Waals surface area contributed by atoms with Crippen LogP contribution in [0.15, 0.2) is 24.3 Å². The number of carbonyl (C=O) groups is 2. The number of amides is 2. The fraction of sp³-hybridized carbons (Fsp3) is 0.333. The highest BCUT2D eigenvalue weighted by Gasteiger charge is 2.32. The molecule has 0 bridgehead atoms. The van der Waals surface area contributed by atoms with E-state index in [0.29, 0.717) is 18.7 Å². The summed E-state index contributed by atoms with van der Waals surface area (Å²) in [6.45, 7) is 1.85. The molecular formula is C15H16N4O2. The van der Waals surface area contributed by atoms with Crippen molar-refractivity contribution in [2.24, 2.45) is 0 Å². The number of nitrogens with one attached hydrogen (secondary N) is 1. The van der Waals surface area contributed by atoms with Crippen molar-refractivity contribution in [3.63, 3.8) is 0 Å². The summed E-state index contributed by atoms with van der Waals surface area (Å²) < 4.78 is 0. The number of carbonyl (C=O) groups excluding carboxylic acids is 2. The zero-order valence-corrected chi connectivity index (χ0v) is 12.0. The molecule has 1 aliphatic heterocycles. The average Bonchev–Trinajstić information content (AvgIpc) is 2.48. The first kappa shape index (κ1) is 13.5. The van der Waals surface area contributed by atoms with E-state index in [1.54, 1.807) is 0 Å². The van der Waals surface area contributed by atoms with E-state index in [9.17, 15) is 9.59 Å². The smallest absolute Gasteiger partial charge is 0.251 e. The third-order valence-corrected chi connectivity index (χ3v) is 3.71. The van der Waals surface area contributed by atoms with Crippen molar-refractivity contribution in [3.8, 4) is 0 Å². The van der Waals surface area contributed by atoms with Crippen molar-refractivity contribution in [1.29, 1.82) is 0 Å². The van der Waals surface area contributed by atoms with Gasteiger partial charge in [0.1, 0.15) is 11.9 Å². The standard InChI is InChI=1S/C15H16N4O2/c1-9-14(17-11-6-4-3-5-10(11)16-9)18-12-7-8-13(20)19(2)15(12)21/h3-6,12H,7-8H2,1-2H3,(H,17,18). The quantitative estimate of drug-likeness (QED) is 0.846. The van der Waals surface area contributed by atoms with Gasteiger partial charge in [-0.2, -0.15) is 0 Å². The normalized spacial score (nSPS) is 19.1. The van der Waals surface area contributed by atoms with Crippen LogP contribution in [-0.4, -0.2) is 39.8 Å². The van der Waals surface area contributed by atoms with Crippen molar-refractivity contribution in [1.82, 2.24) is 14.9 Å². The predicted octanol–water partition coefficient (Wildman–Crippen LogP) is 1.50. The third-order valence-electron chi connectivity index (χ3n) is 3.71. The van der Waals surface area contributed by atoms with Crippen LogP contribution in [0.1, 0.15) is 18.5 Å². The molecule has 0 radical (unpaired) electrons. The Morgan fingerprint density at radius 2 is 1.86 bits per heavy atom. The molecule has 0 aliphatic carbocycles. The van der Waals surface area contributed by atoms with Crippen LogP contribution in [0.4, 0.5) is 5.82 Å². The molecular weight excluding hydrogens is 268 g/mol. The van der Waals surface area contributed by atoms with Gasteiger partial charge < -0.3 is 5.32 Å². The monoisotopic (exact) mass is 284 g/mol. The summed E-state index contributed by atoms with van der Waals surface area (Å²) in [5.74, 6) is 0.231. The lowest BCUT2D eigenvalue weighted by molar-refractivity contribution is -0.146. The van der Waals surface area contributed by atoms with Crippen molar-refractivity contribution in [2.45, 2.75) is 25.8 Å². The number of imide groups is 1. The fourth-order valence-electron chi connectivity index (χ4n) is 2.44. The molecule has 2 heterocycles. The Morgan fingerprint density at radius 3 is 2.57 bits per heavy atom. The fourth-order valence-corrected chi connectivity index (χ4v) is 2.44. The number of nitrogens with zero attached hydrogens (tertiary/aromatic N) is 3. The zero-order chi connectivity index (χ0) is 15.0. The molecule has 3 rings (SSSR count). The highest BCUT2D eigenvalue weighted by molar-refractivity contribution is 6.01. The van der Waals surface area contributed by atoms with Gasteiger partial charge in [0.2, 0.25) is 5.91 Å². The molecule has 2 aromatic rings. The van der Waals surface area contributed by atoms with E-state index >= 15 is 0 Å². The lowest BCUT2D eigenvalue weighted by Crippen LogP contribution is -2.48. The molecule has 1 saturated heterocycles. The second-order valence-electron chi connectivity index (χ2n) is 5.17. The molecule has 1 N–H and O–H groups in total. The lowest BCUT2D eigenvalue weighted by atomic mass is 10.0. The van der Waals surface area contributed by atoms with Crippen molar-refractivity contribution >= 4 is 28.7 Å². The lowest BCUT2D eigenvalue weighted by Gasteiger charge is -2.28. The number of hydrogen-bond acceptors (Lipinski definition) is 5. The SMILES string of the molecule is Cc1nc2ccccc2nc1NC1CCC(=O)N(C)C1=O. The van der Waals surface area contributed by atoms with E-state index in [2.05, 4.69) is 15.3 Å². The largest absolute Gasteiger partial charge is 0.357 e. The average molecular weight is 284 g/mol. The number of aromatic nitrogens is 2. The van der Waals surface area contributed by atoms with E-state index in [-0.39, 0.29) is 11.8 Å². The minimum absolute atomic E-state index is 0.139. The summed E-state index contributed by atoms with van der Waals surface area (Å²) in [7, 11) is 1.51. The highest BCUT2D eigenvalue weighted by Crippen LogP contribution is 2.20. The molecule has 1 fully saturated rings. The minimum atomic E-state index is -0.429. The number of likely N-dealkylation sites (tertiary alicyclic amines) is 1. The van der Waals surface area contributed by atoms with Gasteiger partial charge in [0, 0.05) is 13.5 Å². The number of hydrogen-bond donors (Lipinski definition) is 1. The van der Waals surface area contributed by atoms with E-state index in [1.807, 2.05) is 31.2 Å². The number of likely N-dealkylation sites (N-methyl/N-ethyl adjacent to an activating group) is 1. The number of rotatable bonds is 2. The molecule has 1 aromatic heterocycles. The number of aryl methyl sites for hydroxylation is 1. The van der Waals surface area contributed by atoms with Gasteiger partial charge in [-0.05, 0) is 25.5 Å². The van der Waals surface area contributed by atoms with Gasteiger partial charge in [0.25, 0.3) is 5.91 Å². The molecule has 21 heavy (non-hydrogen) atoms. The van der Waals surface area contributed by atoms with E-state index in [4.69, 9.17) is 0 Å². The number of benzene rings is 1. The molecule has 1 unspecified atom stereocenters. The van der Waals surface area contributed by atoms with Crippen molar-refractivity contribution < 1.29 is 9.59 Å². The second kappa shape index (κ2) is 5.12. The van der Waals surface area contributed by atoms with Gasteiger partial charge in [-0.25, -0.2) is 9.97 Å². The van der Waals surface area contributed by atoms with Gasteiger partial charge in [-0.15, -0.1) is 0 Å². The molecule has 1 aliphatic rings. The van der Waals surface area contributed by atoms with E-state index < -0.39 is 6.04 Å². The molecule has 2 amide bonds. The van der Waals surface area contributed by atoms with Crippen LogP contribution in [0.2, 0.25) is 0 Å². The molecule has 0 spiro atoms. The van der Waals surface area contributed by atoms with Gasteiger partial charge in [-0.3, -0.25) is 14.5 Å².